The highest BCUT2D eigenvalue weighted by atomic mass is 16.6. The molecule has 2 unspecified atom stereocenters. The monoisotopic (exact) mass is 228 g/mol. The number of ether oxygens (including phenoxy) is 1. The predicted octanol–water partition coefficient (Wildman–Crippen LogP) is 0.182. The van der Waals surface area contributed by atoms with Crippen LogP contribution in [0.5, 0.6) is 0 Å². The molecule has 1 rings (SSSR count). The number of esters is 1. The topological polar surface area (TPSA) is 81.4 Å². The van der Waals surface area contributed by atoms with Crippen molar-refractivity contribution in [2.75, 3.05) is 6.54 Å². The van der Waals surface area contributed by atoms with Crippen molar-refractivity contribution in [2.45, 2.75) is 45.3 Å². The van der Waals surface area contributed by atoms with Crippen LogP contribution in [0.2, 0.25) is 0 Å². The molecule has 0 aromatic rings. The summed E-state index contributed by atoms with van der Waals surface area (Å²) in [6, 6.07) is -0.411. The van der Waals surface area contributed by atoms with Crippen molar-refractivity contribution < 1.29 is 14.3 Å². The number of hydrogen-bond donors (Lipinski definition) is 2. The van der Waals surface area contributed by atoms with Gasteiger partial charge in [-0.25, -0.2) is 0 Å². The number of amides is 1. The van der Waals surface area contributed by atoms with Gasteiger partial charge in [0.2, 0.25) is 5.91 Å². The molecule has 0 aliphatic carbocycles. The van der Waals surface area contributed by atoms with Gasteiger partial charge in [0.05, 0.1) is 12.0 Å². The first kappa shape index (κ1) is 13.0. The van der Waals surface area contributed by atoms with Crippen LogP contribution in [0.15, 0.2) is 0 Å². The largest absolute Gasteiger partial charge is 0.460 e. The van der Waals surface area contributed by atoms with Crippen LogP contribution in [0, 0.1) is 5.92 Å². The Bertz CT molecular complexity index is 283. The Labute approximate surface area is 95.7 Å². The van der Waals surface area contributed by atoms with Crippen molar-refractivity contribution in [2.24, 2.45) is 11.7 Å². The third-order valence-electron chi connectivity index (χ3n) is 2.49. The summed E-state index contributed by atoms with van der Waals surface area (Å²) < 4.78 is 5.29. The highest BCUT2D eigenvalue weighted by Gasteiger charge is 2.32. The lowest BCUT2D eigenvalue weighted by molar-refractivity contribution is -0.161. The molecule has 2 atom stereocenters. The third-order valence-corrected chi connectivity index (χ3v) is 2.49. The summed E-state index contributed by atoms with van der Waals surface area (Å²) in [5.74, 6) is -0.869. The minimum atomic E-state index is -0.482. The first-order valence-electron chi connectivity index (χ1n) is 5.55. The number of primary amides is 1. The molecule has 0 aromatic heterocycles. The van der Waals surface area contributed by atoms with Crippen molar-refractivity contribution in [3.63, 3.8) is 0 Å². The fraction of sp³-hybridized carbons (Fsp3) is 0.818. The average Bonchev–Trinajstić information content (AvgIpc) is 2.15. The first-order chi connectivity index (χ1) is 7.29. The van der Waals surface area contributed by atoms with Crippen LogP contribution < -0.4 is 11.1 Å². The van der Waals surface area contributed by atoms with Gasteiger partial charge in [-0.2, -0.15) is 0 Å². The van der Waals surface area contributed by atoms with Crippen molar-refractivity contribution in [3.8, 4) is 0 Å². The summed E-state index contributed by atoms with van der Waals surface area (Å²) in [5, 5.41) is 2.98. The fourth-order valence-electron chi connectivity index (χ4n) is 1.73. The Hall–Kier alpha value is -1.10. The van der Waals surface area contributed by atoms with Crippen LogP contribution in [0.25, 0.3) is 0 Å². The minimum Gasteiger partial charge on any atom is -0.460 e. The molecule has 1 aliphatic rings. The number of rotatable bonds is 2. The number of nitrogens with one attached hydrogen (secondary N) is 1. The maximum absolute atomic E-state index is 11.8. The highest BCUT2D eigenvalue weighted by Crippen LogP contribution is 2.20. The van der Waals surface area contributed by atoms with E-state index in [0.29, 0.717) is 19.4 Å². The normalized spacial score (nSPS) is 26.2. The van der Waals surface area contributed by atoms with Crippen molar-refractivity contribution in [1.29, 1.82) is 0 Å². The van der Waals surface area contributed by atoms with Crippen molar-refractivity contribution in [3.05, 3.63) is 0 Å². The maximum Gasteiger partial charge on any atom is 0.309 e. The number of nitrogens with two attached hydrogens (primary N) is 1. The van der Waals surface area contributed by atoms with E-state index >= 15 is 0 Å². The molecule has 0 saturated carbocycles. The highest BCUT2D eigenvalue weighted by molar-refractivity contribution is 5.81. The molecule has 1 amide bonds. The van der Waals surface area contributed by atoms with Crippen LogP contribution in [0.4, 0.5) is 0 Å². The van der Waals surface area contributed by atoms with Gasteiger partial charge in [-0.3, -0.25) is 9.59 Å². The molecule has 1 fully saturated rings. The summed E-state index contributed by atoms with van der Waals surface area (Å²) in [6.07, 6.45) is 1.13. The van der Waals surface area contributed by atoms with Gasteiger partial charge < -0.3 is 15.8 Å². The van der Waals surface area contributed by atoms with Gasteiger partial charge in [0.15, 0.2) is 0 Å². The molecule has 3 N–H and O–H groups in total. The Morgan fingerprint density at radius 3 is 2.50 bits per heavy atom. The van der Waals surface area contributed by atoms with E-state index in [2.05, 4.69) is 5.32 Å². The standard InChI is InChI=1S/C11H20N2O3/c1-11(2,3)16-10(15)7-4-5-13-8(6-7)9(12)14/h7-8,13H,4-6H2,1-3H3,(H2,12,14). The van der Waals surface area contributed by atoms with Crippen LogP contribution in [0.1, 0.15) is 33.6 Å². The van der Waals surface area contributed by atoms with E-state index in [9.17, 15) is 9.59 Å². The van der Waals surface area contributed by atoms with E-state index in [1.807, 2.05) is 20.8 Å². The van der Waals surface area contributed by atoms with E-state index in [-0.39, 0.29) is 11.9 Å². The van der Waals surface area contributed by atoms with E-state index < -0.39 is 17.6 Å². The van der Waals surface area contributed by atoms with Gasteiger partial charge in [-0.1, -0.05) is 0 Å². The fourth-order valence-corrected chi connectivity index (χ4v) is 1.73. The van der Waals surface area contributed by atoms with E-state index in [1.165, 1.54) is 0 Å². The molecule has 0 aromatic carbocycles. The summed E-state index contributed by atoms with van der Waals surface area (Å²) in [6.45, 7) is 6.12. The predicted molar refractivity (Wildman–Crippen MR) is 59.6 cm³/mol. The molecule has 0 spiro atoms. The molecule has 1 aliphatic heterocycles. The molecule has 1 heterocycles. The number of carbonyl (C=O) groups is 2. The molecule has 16 heavy (non-hydrogen) atoms. The molecule has 92 valence electrons. The second-order valence-corrected chi connectivity index (χ2v) is 5.16. The smallest absolute Gasteiger partial charge is 0.309 e. The van der Waals surface area contributed by atoms with Crippen LogP contribution in [-0.4, -0.2) is 30.1 Å². The lowest BCUT2D eigenvalue weighted by atomic mass is 9.92. The lowest BCUT2D eigenvalue weighted by Crippen LogP contribution is -2.48. The third kappa shape index (κ3) is 3.81. The van der Waals surface area contributed by atoms with Gasteiger partial charge >= 0.3 is 5.97 Å². The maximum atomic E-state index is 11.8. The zero-order chi connectivity index (χ0) is 12.3. The summed E-state index contributed by atoms with van der Waals surface area (Å²) in [5.41, 5.74) is 4.72. The van der Waals surface area contributed by atoms with Crippen LogP contribution in [-0.2, 0) is 14.3 Å². The number of piperidine rings is 1. The Balaban J connectivity index is 2.54. The molecule has 5 heteroatoms. The second-order valence-electron chi connectivity index (χ2n) is 5.16. The lowest BCUT2D eigenvalue weighted by Gasteiger charge is -2.29. The van der Waals surface area contributed by atoms with Gasteiger partial charge in [0.25, 0.3) is 0 Å². The molecule has 5 nitrogen and oxygen atoms in total. The van der Waals surface area contributed by atoms with Crippen molar-refractivity contribution in [1.82, 2.24) is 5.32 Å². The van der Waals surface area contributed by atoms with Gasteiger partial charge in [-0.15, -0.1) is 0 Å². The van der Waals surface area contributed by atoms with Crippen molar-refractivity contribution >= 4 is 11.9 Å². The number of hydrogen-bond acceptors (Lipinski definition) is 4. The van der Waals surface area contributed by atoms with Crippen LogP contribution >= 0.6 is 0 Å². The minimum absolute atomic E-state index is 0.224. The first-order valence-corrected chi connectivity index (χ1v) is 5.55. The molecular formula is C11H20N2O3. The SMILES string of the molecule is CC(C)(C)OC(=O)C1CCNC(C(N)=O)C1. The Kier molecular flexibility index (Phi) is 3.91. The van der Waals surface area contributed by atoms with Gasteiger partial charge in [-0.05, 0) is 40.2 Å². The number of carbonyl (C=O) groups excluding carboxylic acids is 2. The van der Waals surface area contributed by atoms with Gasteiger partial charge in [0.1, 0.15) is 5.60 Å². The summed E-state index contributed by atoms with van der Waals surface area (Å²) in [7, 11) is 0. The quantitative estimate of drug-likeness (QED) is 0.661. The molecule has 0 radical (unpaired) electrons. The van der Waals surface area contributed by atoms with Gasteiger partial charge in [0, 0.05) is 0 Å². The second kappa shape index (κ2) is 4.82. The molecular weight excluding hydrogens is 208 g/mol. The zero-order valence-electron chi connectivity index (χ0n) is 10.1. The zero-order valence-corrected chi connectivity index (χ0v) is 10.1. The molecule has 0 bridgehead atoms. The van der Waals surface area contributed by atoms with Crippen LogP contribution in [0.3, 0.4) is 0 Å². The van der Waals surface area contributed by atoms with E-state index in [1.54, 1.807) is 0 Å². The summed E-state index contributed by atoms with van der Waals surface area (Å²) >= 11 is 0. The Morgan fingerprint density at radius 2 is 2.00 bits per heavy atom. The Morgan fingerprint density at radius 1 is 1.38 bits per heavy atom. The summed E-state index contributed by atoms with van der Waals surface area (Å²) in [4.78, 5) is 22.8. The molecule has 1 saturated heterocycles. The van der Waals surface area contributed by atoms with E-state index in [0.717, 1.165) is 0 Å². The van der Waals surface area contributed by atoms with E-state index in [4.69, 9.17) is 10.5 Å². The average molecular weight is 228 g/mol.